The van der Waals surface area contributed by atoms with Crippen LogP contribution in [-0.4, -0.2) is 29.4 Å². The van der Waals surface area contributed by atoms with Crippen LogP contribution in [0.15, 0.2) is 30.9 Å². The first kappa shape index (κ1) is 16.5. The molecule has 0 saturated heterocycles. The summed E-state index contributed by atoms with van der Waals surface area (Å²) in [5.41, 5.74) is 5.84. The largest absolute Gasteiger partial charge is 0.419 e. The molecule has 0 amide bonds. The van der Waals surface area contributed by atoms with Gasteiger partial charge in [-0.3, -0.25) is 4.68 Å². The number of aryl methyl sites for hydroxylation is 1. The van der Waals surface area contributed by atoms with Gasteiger partial charge in [0.1, 0.15) is 5.82 Å². The van der Waals surface area contributed by atoms with Crippen molar-refractivity contribution in [3.63, 3.8) is 0 Å². The fourth-order valence-electron chi connectivity index (χ4n) is 2.50. The Morgan fingerprint density at radius 2 is 1.96 bits per heavy atom. The second-order valence-corrected chi connectivity index (χ2v) is 6.44. The molecule has 134 valence electrons. The summed E-state index contributed by atoms with van der Waals surface area (Å²) in [5.74, 6) is -0.562. The summed E-state index contributed by atoms with van der Waals surface area (Å²) < 4.78 is 42.5. The maximum atomic E-state index is 13.1. The molecule has 0 spiro atoms. The quantitative estimate of drug-likeness (QED) is 0.590. The van der Waals surface area contributed by atoms with Gasteiger partial charge in [-0.05, 0) is 13.0 Å². The number of alkyl halides is 3. The Kier molecular flexibility index (Phi) is 3.68. The molecule has 0 saturated carbocycles. The van der Waals surface area contributed by atoms with E-state index in [0.717, 1.165) is 18.2 Å². The number of nitrogens with two attached hydrogens (primary N) is 1. The van der Waals surface area contributed by atoms with E-state index in [4.69, 9.17) is 5.73 Å². The number of hydrogen-bond donors (Lipinski definition) is 1. The maximum Gasteiger partial charge on any atom is 0.419 e. The fourth-order valence-corrected chi connectivity index (χ4v) is 3.35. The number of pyridine rings is 1. The van der Waals surface area contributed by atoms with Crippen molar-refractivity contribution >= 4 is 22.1 Å². The highest BCUT2D eigenvalue weighted by molar-refractivity contribution is 7.19. The van der Waals surface area contributed by atoms with Gasteiger partial charge < -0.3 is 5.73 Å². The van der Waals surface area contributed by atoms with Gasteiger partial charge in [0, 0.05) is 24.5 Å². The summed E-state index contributed by atoms with van der Waals surface area (Å²) in [7, 11) is 0. The highest BCUT2D eigenvalue weighted by Crippen LogP contribution is 2.36. The molecule has 26 heavy (non-hydrogen) atoms. The van der Waals surface area contributed by atoms with Gasteiger partial charge in [-0.2, -0.15) is 23.4 Å². The zero-order valence-corrected chi connectivity index (χ0v) is 14.2. The number of halogens is 3. The van der Waals surface area contributed by atoms with Crippen LogP contribution in [0.4, 0.5) is 19.0 Å². The average molecular weight is 379 g/mol. The Hall–Kier alpha value is -2.95. The third-order valence-corrected chi connectivity index (χ3v) is 4.78. The number of hydrogen-bond acceptors (Lipinski definition) is 6. The molecule has 7 nitrogen and oxygen atoms in total. The number of fused-ring (bicyclic) bond motifs is 1. The van der Waals surface area contributed by atoms with Crippen LogP contribution in [-0.2, 0) is 12.7 Å². The predicted molar refractivity (Wildman–Crippen MR) is 90.4 cm³/mol. The van der Waals surface area contributed by atoms with E-state index in [1.165, 1.54) is 28.2 Å². The molecule has 4 heterocycles. The second kappa shape index (κ2) is 5.80. The number of imidazole rings is 1. The van der Waals surface area contributed by atoms with Gasteiger partial charge in [0.05, 0.1) is 29.2 Å². The molecule has 4 aromatic heterocycles. The van der Waals surface area contributed by atoms with E-state index in [2.05, 4.69) is 20.2 Å². The van der Waals surface area contributed by atoms with Crippen molar-refractivity contribution in [3.05, 3.63) is 36.4 Å². The van der Waals surface area contributed by atoms with E-state index in [1.807, 2.05) is 13.1 Å². The van der Waals surface area contributed by atoms with E-state index in [0.29, 0.717) is 15.7 Å². The summed E-state index contributed by atoms with van der Waals surface area (Å²) >= 11 is 1.32. The van der Waals surface area contributed by atoms with Crippen molar-refractivity contribution in [3.8, 4) is 21.8 Å². The zero-order valence-electron chi connectivity index (χ0n) is 13.4. The Labute approximate surface area is 148 Å². The minimum absolute atomic E-state index is 0.236. The molecule has 4 aromatic rings. The van der Waals surface area contributed by atoms with Crippen molar-refractivity contribution in [2.24, 2.45) is 0 Å². The molecule has 0 aromatic carbocycles. The lowest BCUT2D eigenvalue weighted by atomic mass is 10.1. The summed E-state index contributed by atoms with van der Waals surface area (Å²) in [6, 6.07) is 0.958. The Bertz CT molecular complexity index is 1090. The Morgan fingerprint density at radius 3 is 2.65 bits per heavy atom. The lowest BCUT2D eigenvalue weighted by Crippen LogP contribution is -2.10. The average Bonchev–Trinajstić information content (AvgIpc) is 3.29. The number of nitrogens with zero attached hydrogens (tertiary/aromatic N) is 6. The molecule has 0 aliphatic heterocycles. The molecule has 0 aliphatic carbocycles. The molecule has 2 N–H and O–H groups in total. The molecule has 4 rings (SSSR count). The third-order valence-electron chi connectivity index (χ3n) is 3.81. The van der Waals surface area contributed by atoms with Gasteiger partial charge in [0.2, 0.25) is 4.96 Å². The van der Waals surface area contributed by atoms with Crippen LogP contribution in [0.3, 0.4) is 0 Å². The highest BCUT2D eigenvalue weighted by Gasteiger charge is 2.34. The van der Waals surface area contributed by atoms with Gasteiger partial charge in [0.15, 0.2) is 5.01 Å². The zero-order chi connectivity index (χ0) is 18.5. The molecule has 11 heteroatoms. The fraction of sp³-hybridized carbons (Fsp3) is 0.200. The Balaban J connectivity index is 1.81. The molecule has 0 atom stereocenters. The van der Waals surface area contributed by atoms with Crippen LogP contribution in [0.2, 0.25) is 0 Å². The molecular weight excluding hydrogens is 367 g/mol. The summed E-state index contributed by atoms with van der Waals surface area (Å²) in [6.07, 6.45) is 1.70. The third kappa shape index (κ3) is 2.69. The minimum Gasteiger partial charge on any atom is -0.383 e. The number of nitrogen functional groups attached to an aromatic ring is 1. The van der Waals surface area contributed by atoms with Gasteiger partial charge in [0.25, 0.3) is 0 Å². The van der Waals surface area contributed by atoms with Crippen LogP contribution >= 0.6 is 11.3 Å². The summed E-state index contributed by atoms with van der Waals surface area (Å²) in [5, 5.41) is 9.33. The van der Waals surface area contributed by atoms with Gasteiger partial charge in [-0.1, -0.05) is 11.3 Å². The predicted octanol–water partition coefficient (Wildman–Crippen LogP) is 3.34. The lowest BCUT2D eigenvalue weighted by Gasteiger charge is -2.10. The van der Waals surface area contributed by atoms with E-state index >= 15 is 0 Å². The highest BCUT2D eigenvalue weighted by atomic mass is 32.1. The number of aromatic nitrogens is 6. The molecule has 0 bridgehead atoms. The Morgan fingerprint density at radius 1 is 1.15 bits per heavy atom. The van der Waals surface area contributed by atoms with Gasteiger partial charge >= 0.3 is 6.18 Å². The number of anilines is 1. The maximum absolute atomic E-state index is 13.1. The normalized spacial score (nSPS) is 12.2. The van der Waals surface area contributed by atoms with Crippen molar-refractivity contribution in [1.82, 2.24) is 29.4 Å². The monoisotopic (exact) mass is 379 g/mol. The molecular formula is C15H12F3N7S. The lowest BCUT2D eigenvalue weighted by molar-refractivity contribution is -0.137. The topological polar surface area (TPSA) is 86.9 Å². The minimum atomic E-state index is -4.58. The summed E-state index contributed by atoms with van der Waals surface area (Å²) in [6.45, 7) is 2.70. The first-order chi connectivity index (χ1) is 12.4. The van der Waals surface area contributed by atoms with E-state index in [-0.39, 0.29) is 5.56 Å². The molecule has 0 unspecified atom stereocenters. The first-order valence-corrected chi connectivity index (χ1v) is 8.39. The standard InChI is InChI=1S/C15H12F3N7S/c1-2-24-7-9(5-22-24)13-23-25-11(6-21-14(25)26-13)8-3-10(15(16,17)18)12(19)20-4-8/h3-7H,2H2,1H3,(H2,19,20). The van der Waals surface area contributed by atoms with Crippen LogP contribution in [0.1, 0.15) is 12.5 Å². The van der Waals surface area contributed by atoms with Crippen molar-refractivity contribution < 1.29 is 13.2 Å². The van der Waals surface area contributed by atoms with Crippen LogP contribution < -0.4 is 5.73 Å². The SMILES string of the molecule is CCn1cc(-c2nn3c(-c4cnc(N)c(C(F)(F)F)c4)cnc3s2)cn1. The van der Waals surface area contributed by atoms with Crippen LogP contribution in [0, 0.1) is 0 Å². The molecule has 0 radical (unpaired) electrons. The van der Waals surface area contributed by atoms with E-state index in [9.17, 15) is 13.2 Å². The summed E-state index contributed by atoms with van der Waals surface area (Å²) in [4.78, 5) is 8.46. The smallest absolute Gasteiger partial charge is 0.383 e. The van der Waals surface area contributed by atoms with Crippen molar-refractivity contribution in [2.45, 2.75) is 19.6 Å². The van der Waals surface area contributed by atoms with Crippen molar-refractivity contribution in [2.75, 3.05) is 5.73 Å². The van der Waals surface area contributed by atoms with Crippen LogP contribution in [0.5, 0.6) is 0 Å². The second-order valence-electron chi connectivity index (χ2n) is 5.48. The van der Waals surface area contributed by atoms with Gasteiger partial charge in [-0.15, -0.1) is 0 Å². The van der Waals surface area contributed by atoms with E-state index in [1.54, 1.807) is 10.9 Å². The first-order valence-electron chi connectivity index (χ1n) is 7.57. The van der Waals surface area contributed by atoms with Crippen LogP contribution in [0.25, 0.3) is 26.8 Å². The number of rotatable bonds is 3. The van der Waals surface area contributed by atoms with E-state index < -0.39 is 17.6 Å². The molecule has 0 fully saturated rings. The van der Waals surface area contributed by atoms with Gasteiger partial charge in [-0.25, -0.2) is 14.5 Å². The van der Waals surface area contributed by atoms with Crippen molar-refractivity contribution in [1.29, 1.82) is 0 Å². The molecule has 0 aliphatic rings.